The average molecular weight is 293 g/mol. The Kier molecular flexibility index (Phi) is 8.31. The van der Waals surface area contributed by atoms with Crippen LogP contribution < -0.4 is 10.1 Å². The average Bonchev–Trinajstić information content (AvgIpc) is 2.45. The van der Waals surface area contributed by atoms with Gasteiger partial charge in [-0.3, -0.25) is 0 Å². The number of rotatable bonds is 10. The molecule has 4 heteroatoms. The van der Waals surface area contributed by atoms with Crippen LogP contribution in [0.3, 0.4) is 0 Å². The van der Waals surface area contributed by atoms with Gasteiger partial charge in [0.15, 0.2) is 0 Å². The molecule has 4 nitrogen and oxygen atoms in total. The Labute approximate surface area is 129 Å². The van der Waals surface area contributed by atoms with Crippen molar-refractivity contribution in [3.05, 3.63) is 23.4 Å². The first-order valence-corrected chi connectivity index (χ1v) is 8.09. The molecular weight excluding hydrogens is 262 g/mol. The molecule has 0 fully saturated rings. The van der Waals surface area contributed by atoms with E-state index in [1.807, 2.05) is 13.0 Å². The minimum atomic E-state index is 0.668. The first-order chi connectivity index (χ1) is 10.1. The summed E-state index contributed by atoms with van der Waals surface area (Å²) < 4.78 is 5.75. The van der Waals surface area contributed by atoms with Gasteiger partial charge in [-0.05, 0) is 38.0 Å². The molecule has 0 aliphatic carbocycles. The van der Waals surface area contributed by atoms with Crippen LogP contribution in [-0.2, 0) is 6.54 Å². The summed E-state index contributed by atoms with van der Waals surface area (Å²) in [5, 5.41) is 3.45. The highest BCUT2D eigenvalue weighted by molar-refractivity contribution is 5.24. The summed E-state index contributed by atoms with van der Waals surface area (Å²) in [6, 6.07) is 4.09. The lowest BCUT2D eigenvalue weighted by molar-refractivity contribution is 0.217. The molecule has 0 saturated heterocycles. The number of hydrogen-bond donors (Lipinski definition) is 1. The molecule has 0 unspecified atom stereocenters. The van der Waals surface area contributed by atoms with Gasteiger partial charge in [-0.25, -0.2) is 4.98 Å². The maximum atomic E-state index is 5.75. The summed E-state index contributed by atoms with van der Waals surface area (Å²) in [6.07, 6.45) is 0. The predicted molar refractivity (Wildman–Crippen MR) is 88.8 cm³/mol. The molecular formula is C17H31N3O. The van der Waals surface area contributed by atoms with Crippen LogP contribution in [0.25, 0.3) is 0 Å². The van der Waals surface area contributed by atoms with Gasteiger partial charge < -0.3 is 15.0 Å². The van der Waals surface area contributed by atoms with Crippen LogP contribution in [0.2, 0.25) is 0 Å². The van der Waals surface area contributed by atoms with Gasteiger partial charge >= 0.3 is 0 Å². The Hall–Kier alpha value is -1.13. The Morgan fingerprint density at radius 1 is 1.24 bits per heavy atom. The summed E-state index contributed by atoms with van der Waals surface area (Å²) >= 11 is 0. The second kappa shape index (κ2) is 9.74. The van der Waals surface area contributed by atoms with Crippen LogP contribution in [0.15, 0.2) is 12.1 Å². The Morgan fingerprint density at radius 2 is 1.95 bits per heavy atom. The van der Waals surface area contributed by atoms with Gasteiger partial charge in [0.25, 0.3) is 0 Å². The Balaban J connectivity index is 2.42. The van der Waals surface area contributed by atoms with Crippen molar-refractivity contribution < 1.29 is 4.74 Å². The molecule has 0 amide bonds. The third-order valence-corrected chi connectivity index (χ3v) is 3.59. The fraction of sp³-hybridized carbons (Fsp3) is 0.706. The van der Waals surface area contributed by atoms with Crippen molar-refractivity contribution in [3.8, 4) is 5.88 Å². The molecule has 0 bridgehead atoms. The Morgan fingerprint density at radius 3 is 2.52 bits per heavy atom. The van der Waals surface area contributed by atoms with E-state index >= 15 is 0 Å². The quantitative estimate of drug-likeness (QED) is 0.720. The highest BCUT2D eigenvalue weighted by atomic mass is 16.5. The molecule has 0 aliphatic heterocycles. The first kappa shape index (κ1) is 17.9. The van der Waals surface area contributed by atoms with Crippen molar-refractivity contribution in [1.82, 2.24) is 15.2 Å². The third-order valence-electron chi connectivity index (χ3n) is 3.59. The van der Waals surface area contributed by atoms with Crippen molar-refractivity contribution in [1.29, 1.82) is 0 Å². The van der Waals surface area contributed by atoms with E-state index in [9.17, 15) is 0 Å². The van der Waals surface area contributed by atoms with E-state index in [1.54, 1.807) is 0 Å². The van der Waals surface area contributed by atoms with Gasteiger partial charge in [0.2, 0.25) is 5.88 Å². The molecule has 0 spiro atoms. The fourth-order valence-electron chi connectivity index (χ4n) is 2.15. The van der Waals surface area contributed by atoms with E-state index in [-0.39, 0.29) is 0 Å². The van der Waals surface area contributed by atoms with Crippen LogP contribution in [0.4, 0.5) is 0 Å². The number of aromatic nitrogens is 1. The number of nitrogens with zero attached hydrogens (tertiary/aromatic N) is 2. The predicted octanol–water partition coefficient (Wildman–Crippen LogP) is 2.86. The highest BCUT2D eigenvalue weighted by Crippen LogP contribution is 2.12. The normalized spacial score (nSPS) is 11.4. The molecule has 1 rings (SSSR count). The standard InChI is InChI=1S/C17H31N3O/c1-6-20(7-2)10-11-21-17-9-8-16(15(5)19-17)13-18-12-14(3)4/h8-9,14,18H,6-7,10-13H2,1-5H3. The number of hydrogen-bond acceptors (Lipinski definition) is 4. The molecule has 0 aromatic carbocycles. The highest BCUT2D eigenvalue weighted by Gasteiger charge is 2.04. The van der Waals surface area contributed by atoms with E-state index in [0.29, 0.717) is 12.5 Å². The van der Waals surface area contributed by atoms with Crippen molar-refractivity contribution in [2.45, 2.75) is 41.2 Å². The minimum Gasteiger partial charge on any atom is -0.476 e. The summed E-state index contributed by atoms with van der Waals surface area (Å²) in [6.45, 7) is 16.5. The minimum absolute atomic E-state index is 0.668. The van der Waals surface area contributed by atoms with E-state index < -0.39 is 0 Å². The number of pyridine rings is 1. The van der Waals surface area contributed by atoms with Gasteiger partial charge in [-0.15, -0.1) is 0 Å². The molecule has 0 saturated carbocycles. The van der Waals surface area contributed by atoms with Crippen LogP contribution >= 0.6 is 0 Å². The molecule has 1 aromatic heterocycles. The zero-order valence-corrected chi connectivity index (χ0v) is 14.3. The van der Waals surface area contributed by atoms with Crippen molar-refractivity contribution in [2.24, 2.45) is 5.92 Å². The van der Waals surface area contributed by atoms with Gasteiger partial charge in [0.1, 0.15) is 6.61 Å². The maximum absolute atomic E-state index is 5.75. The molecule has 0 radical (unpaired) electrons. The number of likely N-dealkylation sites (N-methyl/N-ethyl adjacent to an activating group) is 1. The summed E-state index contributed by atoms with van der Waals surface area (Å²) in [7, 11) is 0. The van der Waals surface area contributed by atoms with Gasteiger partial charge in [-0.2, -0.15) is 0 Å². The second-order valence-corrected chi connectivity index (χ2v) is 5.79. The first-order valence-electron chi connectivity index (χ1n) is 8.09. The lowest BCUT2D eigenvalue weighted by Gasteiger charge is -2.18. The van der Waals surface area contributed by atoms with Gasteiger partial charge in [0.05, 0.1) is 0 Å². The molecule has 1 N–H and O–H groups in total. The molecule has 21 heavy (non-hydrogen) atoms. The van der Waals surface area contributed by atoms with Crippen LogP contribution in [0.5, 0.6) is 5.88 Å². The van der Waals surface area contributed by atoms with Crippen molar-refractivity contribution in [2.75, 3.05) is 32.8 Å². The van der Waals surface area contributed by atoms with E-state index in [1.165, 1.54) is 5.56 Å². The second-order valence-electron chi connectivity index (χ2n) is 5.79. The smallest absolute Gasteiger partial charge is 0.213 e. The largest absolute Gasteiger partial charge is 0.476 e. The lowest BCUT2D eigenvalue weighted by Crippen LogP contribution is -2.28. The SMILES string of the molecule is CCN(CC)CCOc1ccc(CNCC(C)C)c(C)n1. The van der Waals surface area contributed by atoms with Gasteiger partial charge in [-0.1, -0.05) is 33.8 Å². The molecule has 0 aliphatic rings. The van der Waals surface area contributed by atoms with E-state index in [2.05, 4.69) is 49.0 Å². The lowest BCUT2D eigenvalue weighted by atomic mass is 10.2. The monoisotopic (exact) mass is 293 g/mol. The van der Waals surface area contributed by atoms with Crippen LogP contribution in [0, 0.1) is 12.8 Å². The molecule has 1 aromatic rings. The van der Waals surface area contributed by atoms with E-state index in [4.69, 9.17) is 4.74 Å². The third kappa shape index (κ3) is 6.91. The fourth-order valence-corrected chi connectivity index (χ4v) is 2.15. The molecule has 120 valence electrons. The summed E-state index contributed by atoms with van der Waals surface area (Å²) in [5.41, 5.74) is 2.29. The van der Waals surface area contributed by atoms with E-state index in [0.717, 1.165) is 44.3 Å². The summed E-state index contributed by atoms with van der Waals surface area (Å²) in [5.74, 6) is 1.40. The van der Waals surface area contributed by atoms with Crippen molar-refractivity contribution in [3.63, 3.8) is 0 Å². The molecule has 0 atom stereocenters. The maximum Gasteiger partial charge on any atom is 0.213 e. The number of aryl methyl sites for hydroxylation is 1. The van der Waals surface area contributed by atoms with Crippen LogP contribution in [0.1, 0.15) is 39.0 Å². The summed E-state index contributed by atoms with van der Waals surface area (Å²) in [4.78, 5) is 6.88. The van der Waals surface area contributed by atoms with Crippen molar-refractivity contribution >= 4 is 0 Å². The zero-order valence-electron chi connectivity index (χ0n) is 14.3. The number of ether oxygens (including phenoxy) is 1. The topological polar surface area (TPSA) is 37.4 Å². The number of nitrogens with one attached hydrogen (secondary N) is 1. The molecule has 1 heterocycles. The van der Waals surface area contributed by atoms with Gasteiger partial charge in [0, 0.05) is 24.8 Å². The van der Waals surface area contributed by atoms with Crippen LogP contribution in [-0.4, -0.2) is 42.7 Å². The zero-order chi connectivity index (χ0) is 15.7. The Bertz CT molecular complexity index is 403.